The first-order valence-electron chi connectivity index (χ1n) is 6.57. The summed E-state index contributed by atoms with van der Waals surface area (Å²) in [5.74, 6) is 0.883. The summed E-state index contributed by atoms with van der Waals surface area (Å²) >= 11 is 5.99. The molecular formula is C14H16ClN3O. The molecule has 3 rings (SSSR count). The zero-order valence-corrected chi connectivity index (χ0v) is 11.4. The Balaban J connectivity index is 1.87. The van der Waals surface area contributed by atoms with E-state index in [1.807, 2.05) is 18.2 Å². The second-order valence-corrected chi connectivity index (χ2v) is 5.20. The summed E-state index contributed by atoms with van der Waals surface area (Å²) in [7, 11) is 0. The van der Waals surface area contributed by atoms with Crippen LogP contribution in [-0.4, -0.2) is 29.2 Å². The van der Waals surface area contributed by atoms with Gasteiger partial charge >= 0.3 is 0 Å². The van der Waals surface area contributed by atoms with Crippen LogP contribution in [0.3, 0.4) is 0 Å². The predicted molar refractivity (Wildman–Crippen MR) is 76.6 cm³/mol. The van der Waals surface area contributed by atoms with E-state index in [4.69, 9.17) is 16.3 Å². The smallest absolute Gasteiger partial charge is 0.137 e. The minimum atomic E-state index is 0.413. The van der Waals surface area contributed by atoms with Crippen LogP contribution in [-0.2, 0) is 4.74 Å². The highest BCUT2D eigenvalue weighted by Crippen LogP contribution is 2.24. The van der Waals surface area contributed by atoms with Crippen molar-refractivity contribution >= 4 is 28.3 Å². The SMILES string of the molecule is Clc1ccc2c(NC3CCCOCC3)ncnc2c1. The van der Waals surface area contributed by atoms with Crippen LogP contribution in [0, 0.1) is 0 Å². The maximum Gasteiger partial charge on any atom is 0.137 e. The Labute approximate surface area is 117 Å². The van der Waals surface area contributed by atoms with Gasteiger partial charge in [-0.3, -0.25) is 0 Å². The maximum atomic E-state index is 5.99. The van der Waals surface area contributed by atoms with Gasteiger partial charge in [-0.15, -0.1) is 0 Å². The van der Waals surface area contributed by atoms with Crippen molar-refractivity contribution in [1.82, 2.24) is 9.97 Å². The van der Waals surface area contributed by atoms with Crippen LogP contribution in [0.1, 0.15) is 19.3 Å². The molecular weight excluding hydrogens is 262 g/mol. The van der Waals surface area contributed by atoms with Crippen LogP contribution < -0.4 is 5.32 Å². The van der Waals surface area contributed by atoms with Crippen LogP contribution in [0.15, 0.2) is 24.5 Å². The summed E-state index contributed by atoms with van der Waals surface area (Å²) in [6, 6.07) is 6.11. The van der Waals surface area contributed by atoms with Gasteiger partial charge in [0.25, 0.3) is 0 Å². The molecule has 2 aromatic rings. The van der Waals surface area contributed by atoms with Gasteiger partial charge in [-0.1, -0.05) is 11.6 Å². The molecule has 0 radical (unpaired) electrons. The molecule has 1 aromatic carbocycles. The number of benzene rings is 1. The van der Waals surface area contributed by atoms with Gasteiger partial charge in [-0.2, -0.15) is 0 Å². The van der Waals surface area contributed by atoms with E-state index >= 15 is 0 Å². The van der Waals surface area contributed by atoms with Crippen molar-refractivity contribution in [2.75, 3.05) is 18.5 Å². The Kier molecular flexibility index (Phi) is 3.80. The van der Waals surface area contributed by atoms with E-state index in [1.54, 1.807) is 6.33 Å². The molecule has 0 aliphatic carbocycles. The average Bonchev–Trinajstić information content (AvgIpc) is 2.67. The van der Waals surface area contributed by atoms with E-state index in [0.29, 0.717) is 11.1 Å². The lowest BCUT2D eigenvalue weighted by Crippen LogP contribution is -2.20. The number of hydrogen-bond donors (Lipinski definition) is 1. The van der Waals surface area contributed by atoms with Crippen LogP contribution >= 0.6 is 11.6 Å². The lowest BCUT2D eigenvalue weighted by Gasteiger charge is -2.17. The normalized spacial score (nSPS) is 20.2. The minimum Gasteiger partial charge on any atom is -0.381 e. The molecule has 1 aromatic heterocycles. The topological polar surface area (TPSA) is 47.0 Å². The van der Waals surface area contributed by atoms with Gasteiger partial charge in [-0.05, 0) is 37.5 Å². The molecule has 1 atom stereocenters. The molecule has 0 spiro atoms. The quantitative estimate of drug-likeness (QED) is 0.915. The largest absolute Gasteiger partial charge is 0.381 e. The second-order valence-electron chi connectivity index (χ2n) is 4.77. The van der Waals surface area contributed by atoms with Gasteiger partial charge in [0.2, 0.25) is 0 Å². The fourth-order valence-corrected chi connectivity index (χ4v) is 2.55. The molecule has 0 amide bonds. The van der Waals surface area contributed by atoms with E-state index in [1.165, 1.54) is 0 Å². The fraction of sp³-hybridized carbons (Fsp3) is 0.429. The molecule has 5 heteroatoms. The third kappa shape index (κ3) is 2.96. The van der Waals surface area contributed by atoms with Crippen LogP contribution in [0.2, 0.25) is 5.02 Å². The molecule has 0 bridgehead atoms. The average molecular weight is 278 g/mol. The number of nitrogens with one attached hydrogen (secondary N) is 1. The van der Waals surface area contributed by atoms with Gasteiger partial charge in [-0.25, -0.2) is 9.97 Å². The number of rotatable bonds is 2. The highest BCUT2D eigenvalue weighted by molar-refractivity contribution is 6.31. The summed E-state index contributed by atoms with van der Waals surface area (Å²) in [6.45, 7) is 1.67. The highest BCUT2D eigenvalue weighted by Gasteiger charge is 2.14. The first kappa shape index (κ1) is 12.6. The van der Waals surface area contributed by atoms with E-state index in [-0.39, 0.29) is 0 Å². The van der Waals surface area contributed by atoms with E-state index in [2.05, 4.69) is 15.3 Å². The Morgan fingerprint density at radius 1 is 1.21 bits per heavy atom. The summed E-state index contributed by atoms with van der Waals surface area (Å²) in [6.07, 6.45) is 4.79. The summed E-state index contributed by atoms with van der Waals surface area (Å²) in [5.41, 5.74) is 0.870. The highest BCUT2D eigenvalue weighted by atomic mass is 35.5. The van der Waals surface area contributed by atoms with Gasteiger partial charge < -0.3 is 10.1 Å². The van der Waals surface area contributed by atoms with E-state index in [9.17, 15) is 0 Å². The third-order valence-electron chi connectivity index (χ3n) is 3.39. The van der Waals surface area contributed by atoms with Crippen LogP contribution in [0.5, 0.6) is 0 Å². The molecule has 1 fully saturated rings. The molecule has 1 aliphatic heterocycles. The summed E-state index contributed by atoms with van der Waals surface area (Å²) in [5, 5.41) is 5.21. The summed E-state index contributed by atoms with van der Waals surface area (Å²) in [4.78, 5) is 8.61. The standard InChI is InChI=1S/C14H16ClN3O/c15-10-3-4-12-13(8-10)16-9-17-14(12)18-11-2-1-6-19-7-5-11/h3-4,8-9,11H,1-2,5-7H2,(H,16,17,18). The van der Waals surface area contributed by atoms with Crippen LogP contribution in [0.4, 0.5) is 5.82 Å². The Hall–Kier alpha value is -1.39. The van der Waals surface area contributed by atoms with Crippen molar-refractivity contribution in [1.29, 1.82) is 0 Å². The molecule has 1 aliphatic rings. The van der Waals surface area contributed by atoms with Gasteiger partial charge in [0, 0.05) is 29.7 Å². The fourth-order valence-electron chi connectivity index (χ4n) is 2.39. The molecule has 2 heterocycles. The molecule has 100 valence electrons. The second kappa shape index (κ2) is 5.72. The van der Waals surface area contributed by atoms with Gasteiger partial charge in [0.05, 0.1) is 5.52 Å². The number of ether oxygens (including phenoxy) is 1. The lowest BCUT2D eigenvalue weighted by molar-refractivity contribution is 0.144. The number of hydrogen-bond acceptors (Lipinski definition) is 4. The number of aromatic nitrogens is 2. The first-order valence-corrected chi connectivity index (χ1v) is 6.95. The zero-order chi connectivity index (χ0) is 13.1. The minimum absolute atomic E-state index is 0.413. The van der Waals surface area contributed by atoms with Crippen molar-refractivity contribution in [3.8, 4) is 0 Å². The number of nitrogens with zero attached hydrogens (tertiary/aromatic N) is 2. The number of halogens is 1. The van der Waals surface area contributed by atoms with Crippen molar-refractivity contribution in [2.24, 2.45) is 0 Å². The van der Waals surface area contributed by atoms with E-state index in [0.717, 1.165) is 49.2 Å². The Morgan fingerprint density at radius 3 is 3.11 bits per heavy atom. The molecule has 1 unspecified atom stereocenters. The summed E-state index contributed by atoms with van der Waals surface area (Å²) < 4.78 is 5.48. The first-order chi connectivity index (χ1) is 9.33. The van der Waals surface area contributed by atoms with Crippen molar-refractivity contribution in [3.05, 3.63) is 29.5 Å². The van der Waals surface area contributed by atoms with Crippen molar-refractivity contribution in [2.45, 2.75) is 25.3 Å². The number of anilines is 1. The van der Waals surface area contributed by atoms with Crippen molar-refractivity contribution in [3.63, 3.8) is 0 Å². The molecule has 1 N–H and O–H groups in total. The van der Waals surface area contributed by atoms with Crippen molar-refractivity contribution < 1.29 is 4.74 Å². The van der Waals surface area contributed by atoms with Crippen LogP contribution in [0.25, 0.3) is 10.9 Å². The van der Waals surface area contributed by atoms with Gasteiger partial charge in [0.15, 0.2) is 0 Å². The maximum absolute atomic E-state index is 5.99. The Morgan fingerprint density at radius 2 is 2.16 bits per heavy atom. The lowest BCUT2D eigenvalue weighted by atomic mass is 10.1. The van der Waals surface area contributed by atoms with E-state index < -0.39 is 0 Å². The van der Waals surface area contributed by atoms with Gasteiger partial charge in [0.1, 0.15) is 12.1 Å². The molecule has 1 saturated heterocycles. The zero-order valence-electron chi connectivity index (χ0n) is 10.6. The Bertz CT molecular complexity index is 568. The molecule has 19 heavy (non-hydrogen) atoms. The molecule has 4 nitrogen and oxygen atoms in total. The predicted octanol–water partition coefficient (Wildman–Crippen LogP) is 3.26. The number of fused-ring (bicyclic) bond motifs is 1. The monoisotopic (exact) mass is 277 g/mol. The third-order valence-corrected chi connectivity index (χ3v) is 3.63. The molecule has 0 saturated carbocycles.